The summed E-state index contributed by atoms with van der Waals surface area (Å²) >= 11 is 0.173. The highest BCUT2D eigenvalue weighted by molar-refractivity contribution is 14.2. The fourth-order valence-corrected chi connectivity index (χ4v) is 2.84. The molecule has 0 aromatic heterocycles. The van der Waals surface area contributed by atoms with Gasteiger partial charge in [0.1, 0.15) is 5.76 Å². The Bertz CT molecular complexity index is 238. The number of halogens is 1. The van der Waals surface area contributed by atoms with Crippen LogP contribution in [0.15, 0.2) is 21.5 Å². The maximum absolute atomic E-state index is 5.47. The molecule has 2 aliphatic rings. The summed E-state index contributed by atoms with van der Waals surface area (Å²) in [5.74, 6) is 1.79. The zero-order valence-electron chi connectivity index (χ0n) is 5.80. The molecule has 2 aliphatic heterocycles. The Hall–Kier alpha value is -0.120. The predicted molar refractivity (Wildman–Crippen MR) is 51.4 cm³/mol. The lowest BCUT2D eigenvalue weighted by molar-refractivity contribution is 0.242. The van der Waals surface area contributed by atoms with E-state index in [2.05, 4.69) is 21.1 Å². The highest BCUT2D eigenvalue weighted by atomic mass is 127. The standard InChI is InChI=1S/C8H9IO/c1-6-5-10-8-4-9-3-2-7(6)8/h2-4,6H,5H2,1H3. The van der Waals surface area contributed by atoms with Gasteiger partial charge in [-0.2, -0.15) is 0 Å². The molecule has 0 fully saturated rings. The molecule has 1 unspecified atom stereocenters. The molecule has 10 heavy (non-hydrogen) atoms. The molecule has 1 atom stereocenters. The summed E-state index contributed by atoms with van der Waals surface area (Å²) in [6.45, 7) is 3.10. The largest absolute Gasteiger partial charge is 0.492 e. The zero-order chi connectivity index (χ0) is 6.97. The molecule has 1 nitrogen and oxygen atoms in total. The lowest BCUT2D eigenvalue weighted by atomic mass is 10.0. The minimum atomic E-state index is 0.173. The Kier molecular flexibility index (Phi) is 1.64. The Balaban J connectivity index is 2.40. The van der Waals surface area contributed by atoms with Crippen molar-refractivity contribution in [1.29, 1.82) is 0 Å². The molecule has 2 heteroatoms. The van der Waals surface area contributed by atoms with Crippen molar-refractivity contribution in [2.75, 3.05) is 6.61 Å². The fraction of sp³-hybridized carbons (Fsp3) is 0.375. The van der Waals surface area contributed by atoms with Crippen molar-refractivity contribution < 1.29 is 4.74 Å². The van der Waals surface area contributed by atoms with Gasteiger partial charge in [0.25, 0.3) is 0 Å². The third kappa shape index (κ3) is 0.944. The van der Waals surface area contributed by atoms with E-state index in [4.69, 9.17) is 4.74 Å². The summed E-state index contributed by atoms with van der Waals surface area (Å²) in [7, 11) is 0. The van der Waals surface area contributed by atoms with E-state index in [1.807, 2.05) is 0 Å². The maximum Gasteiger partial charge on any atom is 0.128 e. The third-order valence-electron chi connectivity index (χ3n) is 1.78. The molecule has 0 spiro atoms. The van der Waals surface area contributed by atoms with E-state index < -0.39 is 0 Å². The molecular formula is C8H9IO. The van der Waals surface area contributed by atoms with E-state index in [1.165, 1.54) is 11.3 Å². The van der Waals surface area contributed by atoms with Gasteiger partial charge >= 0.3 is 0 Å². The second kappa shape index (κ2) is 2.49. The summed E-state index contributed by atoms with van der Waals surface area (Å²) in [5.41, 5.74) is 1.41. The van der Waals surface area contributed by atoms with Gasteiger partial charge in [-0.15, -0.1) is 0 Å². The van der Waals surface area contributed by atoms with Crippen LogP contribution < -0.4 is 0 Å². The molecule has 0 bridgehead atoms. The molecule has 0 N–H and O–H groups in total. The van der Waals surface area contributed by atoms with Crippen molar-refractivity contribution in [2.24, 2.45) is 5.92 Å². The first-order valence-corrected chi connectivity index (χ1v) is 5.86. The summed E-state index contributed by atoms with van der Waals surface area (Å²) in [5, 5.41) is 0. The van der Waals surface area contributed by atoms with Crippen LogP contribution in [0.1, 0.15) is 6.92 Å². The average Bonchev–Trinajstić information content (AvgIpc) is 2.34. The number of ether oxygens (including phenoxy) is 1. The molecule has 2 rings (SSSR count). The van der Waals surface area contributed by atoms with Crippen LogP contribution in [-0.4, -0.2) is 10.6 Å². The van der Waals surface area contributed by atoms with Crippen LogP contribution in [0.4, 0.5) is 0 Å². The zero-order valence-corrected chi connectivity index (χ0v) is 7.96. The van der Waals surface area contributed by atoms with E-state index in [9.17, 15) is 0 Å². The van der Waals surface area contributed by atoms with Crippen LogP contribution in [-0.2, 0) is 4.74 Å². The van der Waals surface area contributed by atoms with Gasteiger partial charge < -0.3 is 4.74 Å². The van der Waals surface area contributed by atoms with Gasteiger partial charge in [-0.25, -0.2) is 0 Å². The summed E-state index contributed by atoms with van der Waals surface area (Å²) in [6, 6.07) is 0. The van der Waals surface area contributed by atoms with Crippen molar-refractivity contribution >= 4 is 24.7 Å². The minimum Gasteiger partial charge on any atom is -0.492 e. The van der Waals surface area contributed by atoms with E-state index in [1.54, 1.807) is 0 Å². The summed E-state index contributed by atoms with van der Waals surface area (Å²) in [4.78, 5) is 0. The van der Waals surface area contributed by atoms with Crippen molar-refractivity contribution in [1.82, 2.24) is 0 Å². The average molecular weight is 248 g/mol. The second-order valence-electron chi connectivity index (χ2n) is 2.56. The molecule has 0 saturated carbocycles. The lowest BCUT2D eigenvalue weighted by Crippen LogP contribution is -1.95. The quantitative estimate of drug-likeness (QED) is 0.597. The second-order valence-corrected chi connectivity index (χ2v) is 4.62. The van der Waals surface area contributed by atoms with Crippen LogP contribution in [0.2, 0.25) is 0 Å². The van der Waals surface area contributed by atoms with E-state index in [0.29, 0.717) is 5.92 Å². The van der Waals surface area contributed by atoms with Gasteiger partial charge in [0.05, 0.1) is 6.61 Å². The molecule has 54 valence electrons. The van der Waals surface area contributed by atoms with Gasteiger partial charge in [-0.3, -0.25) is 0 Å². The van der Waals surface area contributed by atoms with Crippen LogP contribution in [0.5, 0.6) is 0 Å². The first kappa shape index (κ1) is 6.58. The SMILES string of the molecule is CC1COC2=C1C=CI=C2. The molecule has 0 saturated heterocycles. The highest BCUT2D eigenvalue weighted by Gasteiger charge is 2.20. The number of rotatable bonds is 0. The van der Waals surface area contributed by atoms with E-state index in [-0.39, 0.29) is 20.7 Å². The van der Waals surface area contributed by atoms with E-state index >= 15 is 0 Å². The maximum atomic E-state index is 5.47. The molecule has 0 aliphatic carbocycles. The van der Waals surface area contributed by atoms with Gasteiger partial charge in [0.2, 0.25) is 0 Å². The summed E-state index contributed by atoms with van der Waals surface area (Å²) in [6.07, 6.45) is 2.24. The molecule has 2 heterocycles. The Labute approximate surface area is 70.5 Å². The normalized spacial score (nSPS) is 29.5. The molecule has 0 aromatic rings. The first-order chi connectivity index (χ1) is 4.88. The number of allylic oxidation sites excluding steroid dienone is 2. The Morgan fingerprint density at radius 2 is 2.60 bits per heavy atom. The predicted octanol–water partition coefficient (Wildman–Crippen LogP) is 2.21. The molecule has 0 aromatic carbocycles. The molecule has 0 radical (unpaired) electrons. The van der Waals surface area contributed by atoms with E-state index in [0.717, 1.165) is 6.61 Å². The number of hydrogen-bond donors (Lipinski definition) is 0. The van der Waals surface area contributed by atoms with Gasteiger partial charge in [-0.05, 0) is 10.2 Å². The number of hydrogen-bond acceptors (Lipinski definition) is 1. The van der Waals surface area contributed by atoms with Crippen LogP contribution in [0.25, 0.3) is 0 Å². The minimum absolute atomic E-state index is 0.173. The molecule has 0 amide bonds. The van der Waals surface area contributed by atoms with Crippen molar-refractivity contribution in [3.05, 3.63) is 21.5 Å². The smallest absolute Gasteiger partial charge is 0.128 e. The van der Waals surface area contributed by atoms with Crippen molar-refractivity contribution in [2.45, 2.75) is 6.92 Å². The highest BCUT2D eigenvalue weighted by Crippen LogP contribution is 2.29. The van der Waals surface area contributed by atoms with Crippen LogP contribution in [0, 0.1) is 5.92 Å². The van der Waals surface area contributed by atoms with Crippen molar-refractivity contribution in [3.8, 4) is 0 Å². The van der Waals surface area contributed by atoms with Crippen LogP contribution >= 0.6 is 20.7 Å². The topological polar surface area (TPSA) is 9.23 Å². The first-order valence-electron chi connectivity index (χ1n) is 3.36. The van der Waals surface area contributed by atoms with Gasteiger partial charge in [0.15, 0.2) is 0 Å². The van der Waals surface area contributed by atoms with Gasteiger partial charge in [-0.1, -0.05) is 27.7 Å². The summed E-state index contributed by atoms with van der Waals surface area (Å²) < 4.78 is 10.0. The lowest BCUT2D eigenvalue weighted by Gasteiger charge is -2.00. The van der Waals surface area contributed by atoms with Crippen LogP contribution in [0.3, 0.4) is 0 Å². The third-order valence-corrected chi connectivity index (χ3v) is 3.48. The van der Waals surface area contributed by atoms with Crippen molar-refractivity contribution in [3.63, 3.8) is 0 Å². The fourth-order valence-electron chi connectivity index (χ4n) is 1.17. The monoisotopic (exact) mass is 248 g/mol. The molecular weight excluding hydrogens is 239 g/mol. The Morgan fingerprint density at radius 1 is 1.70 bits per heavy atom. The van der Waals surface area contributed by atoms with Gasteiger partial charge in [0, 0.05) is 15.5 Å². The Morgan fingerprint density at radius 3 is 3.40 bits per heavy atom.